The van der Waals surface area contributed by atoms with Crippen molar-refractivity contribution in [3.05, 3.63) is 76.6 Å². The molecule has 0 spiro atoms. The summed E-state index contributed by atoms with van der Waals surface area (Å²) in [5, 5.41) is 11.6. The van der Waals surface area contributed by atoms with Crippen molar-refractivity contribution in [2.24, 2.45) is 0 Å². The van der Waals surface area contributed by atoms with E-state index >= 15 is 0 Å². The first-order chi connectivity index (χ1) is 15.9. The molecule has 1 amide bonds. The molecule has 1 N–H and O–H groups in total. The lowest BCUT2D eigenvalue weighted by atomic mass is 9.99. The smallest absolute Gasteiger partial charge is 0.296 e. The molecule has 8 nitrogen and oxygen atoms in total. The fourth-order valence-corrected chi connectivity index (χ4v) is 3.70. The molecule has 11 heteroatoms. The molecule has 168 valence electrons. The number of rotatable bonds is 7. The number of nitrogens with one attached hydrogen (secondary N) is 1. The van der Waals surface area contributed by atoms with Crippen LogP contribution in [0.2, 0.25) is 5.02 Å². The van der Waals surface area contributed by atoms with E-state index in [0.29, 0.717) is 27.5 Å². The van der Waals surface area contributed by atoms with E-state index in [2.05, 4.69) is 25.5 Å². The van der Waals surface area contributed by atoms with Crippen LogP contribution in [-0.2, 0) is 6.61 Å². The largest absolute Gasteiger partial charge is 0.493 e. The van der Waals surface area contributed by atoms with Crippen LogP contribution in [0, 0.1) is 12.7 Å². The highest BCUT2D eigenvalue weighted by Crippen LogP contribution is 2.35. The van der Waals surface area contributed by atoms with Crippen LogP contribution in [0.3, 0.4) is 0 Å². The van der Waals surface area contributed by atoms with Gasteiger partial charge in [0.05, 0.1) is 23.4 Å². The molecule has 1 aromatic carbocycles. The molecular weight excluding hydrogens is 469 g/mol. The summed E-state index contributed by atoms with van der Waals surface area (Å²) in [6, 6.07) is 9.65. The minimum Gasteiger partial charge on any atom is -0.493 e. The van der Waals surface area contributed by atoms with Gasteiger partial charge in [0.2, 0.25) is 5.13 Å². The summed E-state index contributed by atoms with van der Waals surface area (Å²) in [4.78, 5) is 21.4. The Bertz CT molecular complexity index is 1300. The van der Waals surface area contributed by atoms with Crippen molar-refractivity contribution in [1.82, 2.24) is 20.2 Å². The molecule has 33 heavy (non-hydrogen) atoms. The number of benzene rings is 1. The molecule has 3 aromatic heterocycles. The average Bonchev–Trinajstić information content (AvgIpc) is 3.25. The Hall–Kier alpha value is -3.63. The third-order valence-electron chi connectivity index (χ3n) is 4.51. The van der Waals surface area contributed by atoms with E-state index in [1.165, 1.54) is 25.6 Å². The van der Waals surface area contributed by atoms with Crippen LogP contribution >= 0.6 is 22.9 Å². The Morgan fingerprint density at radius 3 is 2.76 bits per heavy atom. The van der Waals surface area contributed by atoms with E-state index in [1.54, 1.807) is 37.3 Å². The lowest BCUT2D eigenvalue weighted by Gasteiger charge is -2.13. The van der Waals surface area contributed by atoms with Gasteiger partial charge in [-0.1, -0.05) is 28.8 Å². The fourth-order valence-electron chi connectivity index (χ4n) is 3.00. The third-order valence-corrected chi connectivity index (χ3v) is 5.48. The van der Waals surface area contributed by atoms with Gasteiger partial charge in [-0.2, -0.15) is 0 Å². The van der Waals surface area contributed by atoms with Crippen LogP contribution in [0.15, 0.2) is 48.8 Å². The first-order valence-electron chi connectivity index (χ1n) is 9.62. The summed E-state index contributed by atoms with van der Waals surface area (Å²) in [5.74, 6) is -0.970. The Morgan fingerprint density at radius 1 is 1.15 bits per heavy atom. The highest BCUT2D eigenvalue weighted by Gasteiger charge is 2.20. The van der Waals surface area contributed by atoms with Crippen LogP contribution in [0.5, 0.6) is 10.9 Å². The second kappa shape index (κ2) is 9.88. The summed E-state index contributed by atoms with van der Waals surface area (Å²) in [6.07, 6.45) is 2.95. The number of anilines is 1. The predicted molar refractivity (Wildman–Crippen MR) is 122 cm³/mol. The normalized spacial score (nSPS) is 10.7. The number of amides is 1. The van der Waals surface area contributed by atoms with E-state index < -0.39 is 11.7 Å². The minimum absolute atomic E-state index is 0.0413. The van der Waals surface area contributed by atoms with Gasteiger partial charge in [-0.15, -0.1) is 5.10 Å². The molecule has 4 rings (SSSR count). The zero-order chi connectivity index (χ0) is 23.4. The number of halogens is 2. The van der Waals surface area contributed by atoms with Crippen LogP contribution in [-0.4, -0.2) is 33.2 Å². The molecule has 0 atom stereocenters. The predicted octanol–water partition coefficient (Wildman–Crippen LogP) is 4.94. The van der Waals surface area contributed by atoms with Crippen molar-refractivity contribution in [3.8, 4) is 22.1 Å². The van der Waals surface area contributed by atoms with Gasteiger partial charge in [0.15, 0.2) is 11.6 Å². The number of carbonyl (C=O) groups is 1. The molecule has 0 saturated heterocycles. The number of pyridine rings is 2. The standard InChI is InChI=1S/C22H17ClFN5O3S/c1-12-8-16(15-4-3-5-18(24)19(15)31-2)17(10-25-12)20(30)27-21-28-29-22(33-21)32-11-14-7-6-13(23)9-26-14/h3-10H,11H2,1-2H3,(H,27,28,30). The van der Waals surface area contributed by atoms with Gasteiger partial charge in [-0.05, 0) is 42.5 Å². The maximum absolute atomic E-state index is 14.3. The Labute approximate surface area is 197 Å². The molecule has 3 heterocycles. The zero-order valence-electron chi connectivity index (χ0n) is 17.5. The maximum atomic E-state index is 14.3. The first kappa shape index (κ1) is 22.6. The maximum Gasteiger partial charge on any atom is 0.296 e. The van der Waals surface area contributed by atoms with Crippen LogP contribution in [0.1, 0.15) is 21.7 Å². The molecule has 0 radical (unpaired) electrons. The minimum atomic E-state index is -0.531. The Kier molecular flexibility index (Phi) is 6.76. The van der Waals surface area contributed by atoms with Crippen molar-refractivity contribution in [3.63, 3.8) is 0 Å². The van der Waals surface area contributed by atoms with Gasteiger partial charge in [-0.25, -0.2) is 4.39 Å². The molecule has 0 aliphatic rings. The zero-order valence-corrected chi connectivity index (χ0v) is 19.1. The monoisotopic (exact) mass is 485 g/mol. The van der Waals surface area contributed by atoms with E-state index in [9.17, 15) is 9.18 Å². The van der Waals surface area contributed by atoms with Gasteiger partial charge in [0.1, 0.15) is 6.61 Å². The number of nitrogens with zero attached hydrogens (tertiary/aromatic N) is 4. The van der Waals surface area contributed by atoms with Crippen molar-refractivity contribution in [2.75, 3.05) is 12.4 Å². The summed E-state index contributed by atoms with van der Waals surface area (Å²) in [6.45, 7) is 1.95. The number of methoxy groups -OCH3 is 1. The molecule has 0 aliphatic heterocycles. The van der Waals surface area contributed by atoms with Gasteiger partial charge in [-0.3, -0.25) is 20.1 Å². The van der Waals surface area contributed by atoms with Crippen molar-refractivity contribution in [2.45, 2.75) is 13.5 Å². The third kappa shape index (κ3) is 5.24. The number of carbonyl (C=O) groups excluding carboxylic acids is 1. The number of aryl methyl sites for hydroxylation is 1. The summed E-state index contributed by atoms with van der Waals surface area (Å²) in [7, 11) is 1.37. The van der Waals surface area contributed by atoms with Crippen molar-refractivity contribution in [1.29, 1.82) is 0 Å². The quantitative estimate of drug-likeness (QED) is 0.396. The topological polar surface area (TPSA) is 99.1 Å². The van der Waals surface area contributed by atoms with Gasteiger partial charge < -0.3 is 9.47 Å². The van der Waals surface area contributed by atoms with Gasteiger partial charge >= 0.3 is 0 Å². The number of para-hydroxylation sites is 1. The summed E-state index contributed by atoms with van der Waals surface area (Å²) in [5.41, 5.74) is 2.47. The highest BCUT2D eigenvalue weighted by atomic mass is 35.5. The average molecular weight is 486 g/mol. The molecular formula is C22H17ClFN5O3S. The second-order valence-electron chi connectivity index (χ2n) is 6.78. The molecule has 4 aromatic rings. The van der Waals surface area contributed by atoms with E-state index in [4.69, 9.17) is 21.1 Å². The number of hydrogen-bond acceptors (Lipinski definition) is 8. The number of ether oxygens (including phenoxy) is 2. The van der Waals surface area contributed by atoms with E-state index in [-0.39, 0.29) is 28.2 Å². The number of hydrogen-bond donors (Lipinski definition) is 1. The Morgan fingerprint density at radius 2 is 2.00 bits per heavy atom. The summed E-state index contributed by atoms with van der Waals surface area (Å²) < 4.78 is 25.0. The van der Waals surface area contributed by atoms with E-state index in [0.717, 1.165) is 11.3 Å². The van der Waals surface area contributed by atoms with Crippen LogP contribution in [0.4, 0.5) is 9.52 Å². The van der Waals surface area contributed by atoms with E-state index in [1.807, 2.05) is 0 Å². The molecule has 0 bridgehead atoms. The number of aromatic nitrogens is 4. The molecule has 0 saturated carbocycles. The highest BCUT2D eigenvalue weighted by molar-refractivity contribution is 7.17. The SMILES string of the molecule is COc1c(F)cccc1-c1cc(C)ncc1C(=O)Nc1nnc(OCc2ccc(Cl)cn2)s1. The fraction of sp³-hybridized carbons (Fsp3) is 0.136. The molecule has 0 fully saturated rings. The molecule has 0 unspecified atom stereocenters. The van der Waals surface area contributed by atoms with Crippen LogP contribution < -0.4 is 14.8 Å². The summed E-state index contributed by atoms with van der Waals surface area (Å²) >= 11 is 6.88. The van der Waals surface area contributed by atoms with Crippen molar-refractivity contribution >= 4 is 34.0 Å². The lowest BCUT2D eigenvalue weighted by Crippen LogP contribution is -2.14. The Balaban J connectivity index is 1.53. The second-order valence-corrected chi connectivity index (χ2v) is 8.15. The van der Waals surface area contributed by atoms with Crippen LogP contribution in [0.25, 0.3) is 11.1 Å². The van der Waals surface area contributed by atoms with Gasteiger partial charge in [0, 0.05) is 29.2 Å². The van der Waals surface area contributed by atoms with Crippen molar-refractivity contribution < 1.29 is 18.7 Å². The first-order valence-corrected chi connectivity index (χ1v) is 10.8. The molecule has 0 aliphatic carbocycles. The lowest BCUT2D eigenvalue weighted by molar-refractivity contribution is 0.102. The van der Waals surface area contributed by atoms with Gasteiger partial charge in [0.25, 0.3) is 11.1 Å².